The van der Waals surface area contributed by atoms with Gasteiger partial charge in [0, 0.05) is 0 Å². The van der Waals surface area contributed by atoms with E-state index in [2.05, 4.69) is 0 Å². The first-order chi connectivity index (χ1) is 13.4. The molecule has 28 heavy (non-hydrogen) atoms. The molecule has 0 aromatic heterocycles. The van der Waals surface area contributed by atoms with Crippen LogP contribution in [0.4, 0.5) is 4.79 Å². The molecule has 2 bridgehead atoms. The lowest BCUT2D eigenvalue weighted by Gasteiger charge is -2.44. The van der Waals surface area contributed by atoms with Crippen molar-refractivity contribution >= 4 is 11.9 Å². The molecule has 0 spiro atoms. The largest absolute Gasteiger partial charge is 0.444 e. The molecular formula is C24H25NO3. The molecule has 0 N–H and O–H groups in total. The molecule has 1 saturated heterocycles. The Bertz CT molecular complexity index is 839. The molecule has 144 valence electrons. The number of carbonyl (C=O) groups is 2. The van der Waals surface area contributed by atoms with E-state index in [0.717, 1.165) is 11.1 Å². The monoisotopic (exact) mass is 375 g/mol. The van der Waals surface area contributed by atoms with Crippen molar-refractivity contribution in [3.05, 3.63) is 83.9 Å². The maximum absolute atomic E-state index is 13.6. The number of nitrogens with zero attached hydrogens (tertiary/aromatic N) is 1. The van der Waals surface area contributed by atoms with Crippen LogP contribution in [0.15, 0.2) is 72.8 Å². The number of carbonyl (C=O) groups excluding carboxylic acids is 2. The van der Waals surface area contributed by atoms with Gasteiger partial charge in [-0.1, -0.05) is 72.8 Å². The Morgan fingerprint density at radius 2 is 1.25 bits per heavy atom. The van der Waals surface area contributed by atoms with Gasteiger partial charge in [0.1, 0.15) is 5.60 Å². The third-order valence-electron chi connectivity index (χ3n) is 5.37. The van der Waals surface area contributed by atoms with E-state index in [9.17, 15) is 9.59 Å². The topological polar surface area (TPSA) is 46.6 Å². The molecule has 4 unspecified atom stereocenters. The van der Waals surface area contributed by atoms with E-state index < -0.39 is 17.4 Å². The second-order valence-electron chi connectivity index (χ2n) is 8.43. The number of ether oxygens (including phenoxy) is 1. The molecule has 2 aliphatic heterocycles. The lowest BCUT2D eigenvalue weighted by Crippen LogP contribution is -2.56. The zero-order valence-electron chi connectivity index (χ0n) is 16.4. The highest BCUT2D eigenvalue weighted by molar-refractivity contribution is 5.97. The zero-order chi connectivity index (χ0) is 19.9. The van der Waals surface area contributed by atoms with Gasteiger partial charge >= 0.3 is 6.09 Å². The Kier molecular flexibility index (Phi) is 4.58. The molecule has 2 heterocycles. The van der Waals surface area contributed by atoms with Crippen molar-refractivity contribution in [3.63, 3.8) is 0 Å². The van der Waals surface area contributed by atoms with Gasteiger partial charge < -0.3 is 4.74 Å². The van der Waals surface area contributed by atoms with Crippen LogP contribution in [0.2, 0.25) is 0 Å². The Morgan fingerprint density at radius 3 is 1.64 bits per heavy atom. The van der Waals surface area contributed by atoms with Crippen molar-refractivity contribution < 1.29 is 14.3 Å². The Hall–Kier alpha value is -2.88. The summed E-state index contributed by atoms with van der Waals surface area (Å²) in [6.07, 6.45) is 3.61. The van der Waals surface area contributed by atoms with E-state index in [-0.39, 0.29) is 24.0 Å². The zero-order valence-corrected chi connectivity index (χ0v) is 16.4. The van der Waals surface area contributed by atoms with Crippen molar-refractivity contribution in [1.82, 2.24) is 4.90 Å². The molecule has 4 heteroatoms. The summed E-state index contributed by atoms with van der Waals surface area (Å²) in [5.41, 5.74) is 1.26. The molecule has 1 amide bonds. The van der Waals surface area contributed by atoms with Gasteiger partial charge in [-0.15, -0.1) is 0 Å². The number of amides is 1. The van der Waals surface area contributed by atoms with E-state index in [1.165, 1.54) is 0 Å². The number of rotatable bonds is 2. The van der Waals surface area contributed by atoms with Crippen LogP contribution in [0.25, 0.3) is 0 Å². The highest BCUT2D eigenvalue weighted by atomic mass is 16.6. The van der Waals surface area contributed by atoms with Crippen LogP contribution in [-0.4, -0.2) is 34.5 Å². The predicted octanol–water partition coefficient (Wildman–Crippen LogP) is 4.68. The summed E-state index contributed by atoms with van der Waals surface area (Å²) >= 11 is 0. The van der Waals surface area contributed by atoms with Gasteiger partial charge in [-0.05, 0) is 31.9 Å². The van der Waals surface area contributed by atoms with Crippen molar-refractivity contribution in [2.75, 3.05) is 0 Å². The Morgan fingerprint density at radius 1 is 0.821 bits per heavy atom. The number of piperidine rings is 1. The maximum Gasteiger partial charge on any atom is 0.411 e. The normalized spacial score (nSPS) is 26.4. The second kappa shape index (κ2) is 6.93. The number of hydrogen-bond acceptors (Lipinski definition) is 3. The van der Waals surface area contributed by atoms with Gasteiger partial charge in [0.25, 0.3) is 0 Å². The van der Waals surface area contributed by atoms with Gasteiger partial charge in [0.15, 0.2) is 5.78 Å². The fraction of sp³-hybridized carbons (Fsp3) is 0.333. The Labute approximate surface area is 165 Å². The summed E-state index contributed by atoms with van der Waals surface area (Å²) in [6.45, 7) is 5.58. The van der Waals surface area contributed by atoms with Gasteiger partial charge in [-0.3, -0.25) is 9.69 Å². The molecule has 2 aliphatic rings. The van der Waals surface area contributed by atoms with Gasteiger partial charge in [-0.25, -0.2) is 4.79 Å². The molecule has 2 aromatic carbocycles. The Balaban J connectivity index is 1.79. The minimum absolute atomic E-state index is 0.150. The fourth-order valence-corrected chi connectivity index (χ4v) is 4.29. The van der Waals surface area contributed by atoms with Crippen LogP contribution in [0.5, 0.6) is 0 Å². The minimum Gasteiger partial charge on any atom is -0.444 e. The summed E-state index contributed by atoms with van der Waals surface area (Å²) in [5.74, 6) is -0.667. The maximum atomic E-state index is 13.6. The molecule has 0 saturated carbocycles. The standard InChI is InChI=1S/C24H25NO3/c1-24(2,3)28-23(27)25-18-14-15-19(25)21(17-12-8-5-9-13-17)22(26)20(18)16-10-6-4-7-11-16/h4-15,18-21H,1-3H3. The molecule has 0 radical (unpaired) electrons. The highest BCUT2D eigenvalue weighted by Gasteiger charge is 2.53. The van der Waals surface area contributed by atoms with Crippen LogP contribution in [0, 0.1) is 0 Å². The lowest BCUT2D eigenvalue weighted by atomic mass is 9.74. The first-order valence-electron chi connectivity index (χ1n) is 9.70. The molecule has 4 nitrogen and oxygen atoms in total. The summed E-state index contributed by atoms with van der Waals surface area (Å²) < 4.78 is 5.70. The fourth-order valence-electron chi connectivity index (χ4n) is 4.29. The summed E-state index contributed by atoms with van der Waals surface area (Å²) in [7, 11) is 0. The number of fused-ring (bicyclic) bond motifs is 2. The van der Waals surface area contributed by atoms with E-state index in [0.29, 0.717) is 0 Å². The molecule has 4 atom stereocenters. The van der Waals surface area contributed by atoms with Crippen LogP contribution in [-0.2, 0) is 9.53 Å². The molecule has 2 aromatic rings. The molecular weight excluding hydrogens is 350 g/mol. The molecule has 0 aliphatic carbocycles. The smallest absolute Gasteiger partial charge is 0.411 e. The number of ketones is 1. The van der Waals surface area contributed by atoms with Crippen molar-refractivity contribution in [2.45, 2.75) is 50.3 Å². The SMILES string of the molecule is CC(C)(C)OC(=O)N1C2C=CC1C(c1ccccc1)C(=O)C2c1ccccc1. The van der Waals surface area contributed by atoms with Gasteiger partial charge in [0.05, 0.1) is 23.9 Å². The number of Topliss-reactive ketones (excluding diaryl/α,β-unsaturated/α-hetero) is 1. The van der Waals surface area contributed by atoms with Crippen molar-refractivity contribution in [3.8, 4) is 0 Å². The summed E-state index contributed by atoms with van der Waals surface area (Å²) in [4.78, 5) is 28.5. The van der Waals surface area contributed by atoms with E-state index in [1.54, 1.807) is 4.90 Å². The van der Waals surface area contributed by atoms with E-state index >= 15 is 0 Å². The van der Waals surface area contributed by atoms with Gasteiger partial charge in [0.2, 0.25) is 0 Å². The van der Waals surface area contributed by atoms with Crippen molar-refractivity contribution in [2.24, 2.45) is 0 Å². The van der Waals surface area contributed by atoms with Crippen LogP contribution in [0.3, 0.4) is 0 Å². The second-order valence-corrected chi connectivity index (χ2v) is 8.43. The third-order valence-corrected chi connectivity index (χ3v) is 5.37. The summed E-state index contributed by atoms with van der Waals surface area (Å²) in [6, 6.07) is 18.8. The molecule has 4 rings (SSSR count). The average Bonchev–Trinajstić information content (AvgIpc) is 3.00. The molecule has 1 fully saturated rings. The first-order valence-corrected chi connectivity index (χ1v) is 9.70. The van der Waals surface area contributed by atoms with Gasteiger partial charge in [-0.2, -0.15) is 0 Å². The number of hydrogen-bond donors (Lipinski definition) is 0. The van der Waals surface area contributed by atoms with E-state index in [1.807, 2.05) is 93.6 Å². The van der Waals surface area contributed by atoms with Crippen LogP contribution in [0.1, 0.15) is 43.7 Å². The quantitative estimate of drug-likeness (QED) is 0.716. The first kappa shape index (κ1) is 18.5. The van der Waals surface area contributed by atoms with E-state index in [4.69, 9.17) is 4.74 Å². The number of benzene rings is 2. The third kappa shape index (κ3) is 3.24. The minimum atomic E-state index is -0.595. The average molecular weight is 375 g/mol. The lowest BCUT2D eigenvalue weighted by molar-refractivity contribution is -0.127. The van der Waals surface area contributed by atoms with Crippen LogP contribution < -0.4 is 0 Å². The predicted molar refractivity (Wildman–Crippen MR) is 108 cm³/mol. The van der Waals surface area contributed by atoms with Crippen LogP contribution >= 0.6 is 0 Å². The summed E-state index contributed by atoms with van der Waals surface area (Å²) in [5, 5.41) is 0. The highest BCUT2D eigenvalue weighted by Crippen LogP contribution is 2.45. The van der Waals surface area contributed by atoms with Crippen molar-refractivity contribution in [1.29, 1.82) is 0 Å².